The van der Waals surface area contributed by atoms with Gasteiger partial charge in [-0.2, -0.15) is 0 Å². The van der Waals surface area contributed by atoms with Gasteiger partial charge >= 0.3 is 18.0 Å². The van der Waals surface area contributed by atoms with Crippen molar-refractivity contribution in [3.8, 4) is 0 Å². The van der Waals surface area contributed by atoms with Gasteiger partial charge in [0, 0.05) is 6.42 Å². The molecule has 310 valence electrons. The topological polar surface area (TPSA) is 90.9 Å². The van der Waals surface area contributed by atoms with Crippen LogP contribution in [0.4, 0.5) is 4.79 Å². The molecule has 0 aromatic heterocycles. The summed E-state index contributed by atoms with van der Waals surface area (Å²) in [6.07, 6.45) is 43.0. The van der Waals surface area contributed by atoms with Gasteiger partial charge in [0.2, 0.25) is 0 Å². The molecule has 1 atom stereocenters. The maximum Gasteiger partial charge on any atom is 0.408 e. The highest BCUT2D eigenvalue weighted by molar-refractivity contribution is 5.82. The van der Waals surface area contributed by atoms with Crippen molar-refractivity contribution in [3.63, 3.8) is 0 Å². The standard InChI is InChI=1S/C46H85NO6/c1-6-8-10-12-14-16-18-20-22-24-26-28-30-32-34-36-40-51-43(48)39-38-42(47-45(50)53-46(3,4)5)44(49)52-41-37-35-33-31-29-27-25-23-21-19-17-15-13-11-9-7-2/h20-23,42H,6-19,24-41H2,1-5H3,(H,47,50)/b22-20-,23-21-/t42-/m0/s1. The fourth-order valence-electron chi connectivity index (χ4n) is 6.19. The smallest absolute Gasteiger partial charge is 0.408 e. The van der Waals surface area contributed by atoms with Crippen LogP contribution in [0.1, 0.15) is 227 Å². The zero-order valence-corrected chi connectivity index (χ0v) is 35.5. The number of hydrogen-bond acceptors (Lipinski definition) is 6. The van der Waals surface area contributed by atoms with Gasteiger partial charge in [-0.3, -0.25) is 4.79 Å². The zero-order chi connectivity index (χ0) is 39.1. The molecule has 0 unspecified atom stereocenters. The number of esters is 2. The molecule has 0 aliphatic heterocycles. The normalized spacial score (nSPS) is 12.4. The lowest BCUT2D eigenvalue weighted by atomic mass is 10.1. The van der Waals surface area contributed by atoms with E-state index in [9.17, 15) is 14.4 Å². The van der Waals surface area contributed by atoms with Gasteiger partial charge in [0.15, 0.2) is 0 Å². The van der Waals surface area contributed by atoms with Crippen LogP contribution in [0.5, 0.6) is 0 Å². The number of allylic oxidation sites excluding steroid dienone is 4. The molecule has 0 radical (unpaired) electrons. The van der Waals surface area contributed by atoms with Crippen LogP contribution in [0.2, 0.25) is 0 Å². The maximum atomic E-state index is 12.9. The minimum Gasteiger partial charge on any atom is -0.466 e. The second-order valence-electron chi connectivity index (χ2n) is 16.0. The van der Waals surface area contributed by atoms with Crippen molar-refractivity contribution in [2.24, 2.45) is 0 Å². The van der Waals surface area contributed by atoms with Crippen molar-refractivity contribution in [2.45, 2.75) is 239 Å². The molecule has 7 nitrogen and oxygen atoms in total. The first-order chi connectivity index (χ1) is 25.7. The third-order valence-electron chi connectivity index (χ3n) is 9.43. The molecular weight excluding hydrogens is 663 g/mol. The van der Waals surface area contributed by atoms with Crippen LogP contribution < -0.4 is 5.32 Å². The second kappa shape index (κ2) is 38.0. The Morgan fingerprint density at radius 3 is 1.26 bits per heavy atom. The number of ether oxygens (including phenoxy) is 3. The Hall–Kier alpha value is -2.31. The molecule has 0 saturated carbocycles. The molecule has 53 heavy (non-hydrogen) atoms. The lowest BCUT2D eigenvalue weighted by molar-refractivity contribution is -0.147. The van der Waals surface area contributed by atoms with E-state index in [-0.39, 0.29) is 18.8 Å². The third kappa shape index (κ3) is 39.2. The van der Waals surface area contributed by atoms with E-state index in [4.69, 9.17) is 14.2 Å². The van der Waals surface area contributed by atoms with E-state index in [2.05, 4.69) is 43.5 Å². The summed E-state index contributed by atoms with van der Waals surface area (Å²) in [5.41, 5.74) is -0.703. The van der Waals surface area contributed by atoms with Crippen LogP contribution in [-0.4, -0.2) is 42.9 Å². The average molecular weight is 748 g/mol. The second-order valence-corrected chi connectivity index (χ2v) is 16.0. The summed E-state index contributed by atoms with van der Waals surface area (Å²) in [4.78, 5) is 37.8. The highest BCUT2D eigenvalue weighted by Crippen LogP contribution is 2.13. The van der Waals surface area contributed by atoms with Gasteiger partial charge < -0.3 is 19.5 Å². The maximum absolute atomic E-state index is 12.9. The molecule has 1 N–H and O–H groups in total. The zero-order valence-electron chi connectivity index (χ0n) is 35.5. The molecule has 0 heterocycles. The number of rotatable bonds is 37. The van der Waals surface area contributed by atoms with Gasteiger partial charge in [0.1, 0.15) is 11.6 Å². The van der Waals surface area contributed by atoms with Crippen molar-refractivity contribution in [1.29, 1.82) is 0 Å². The van der Waals surface area contributed by atoms with Gasteiger partial charge in [-0.05, 0) is 91.4 Å². The highest BCUT2D eigenvalue weighted by atomic mass is 16.6. The fourth-order valence-corrected chi connectivity index (χ4v) is 6.19. The lowest BCUT2D eigenvalue weighted by Crippen LogP contribution is -2.44. The van der Waals surface area contributed by atoms with Gasteiger partial charge in [0.05, 0.1) is 13.2 Å². The largest absolute Gasteiger partial charge is 0.466 e. The van der Waals surface area contributed by atoms with E-state index in [1.807, 2.05) is 0 Å². The number of unbranched alkanes of at least 4 members (excludes halogenated alkanes) is 24. The Morgan fingerprint density at radius 2 is 0.868 bits per heavy atom. The van der Waals surface area contributed by atoms with Crippen LogP contribution in [0.3, 0.4) is 0 Å². The SMILES string of the molecule is CCCCCCCC/C=C\CCCCCCCCOC(=O)CC[C@H](NC(=O)OC(C)(C)C)C(=O)OCCCCCCCC/C=C\CCCCCCCC. The van der Waals surface area contributed by atoms with Gasteiger partial charge in [-0.1, -0.05) is 154 Å². The molecule has 0 spiro atoms. The Kier molecular flexibility index (Phi) is 36.3. The van der Waals surface area contributed by atoms with Crippen molar-refractivity contribution in [1.82, 2.24) is 5.32 Å². The summed E-state index contributed by atoms with van der Waals surface area (Å²) in [6.45, 7) is 10.5. The van der Waals surface area contributed by atoms with Crippen molar-refractivity contribution < 1.29 is 28.6 Å². The Labute approximate surface area is 327 Å². The van der Waals surface area contributed by atoms with E-state index >= 15 is 0 Å². The molecule has 1 amide bonds. The van der Waals surface area contributed by atoms with E-state index in [0.29, 0.717) is 13.2 Å². The van der Waals surface area contributed by atoms with E-state index in [0.717, 1.165) is 44.9 Å². The highest BCUT2D eigenvalue weighted by Gasteiger charge is 2.26. The fraction of sp³-hybridized carbons (Fsp3) is 0.848. The number of nitrogens with one attached hydrogen (secondary N) is 1. The Bertz CT molecular complexity index is 908. The van der Waals surface area contributed by atoms with Crippen LogP contribution >= 0.6 is 0 Å². The van der Waals surface area contributed by atoms with Gasteiger partial charge in [0.25, 0.3) is 0 Å². The number of amides is 1. The van der Waals surface area contributed by atoms with Gasteiger partial charge in [-0.25, -0.2) is 9.59 Å². The minimum absolute atomic E-state index is 0.0240. The molecule has 0 aliphatic rings. The molecule has 0 aromatic carbocycles. The summed E-state index contributed by atoms with van der Waals surface area (Å²) in [5.74, 6) is -0.903. The Balaban J connectivity index is 4.09. The summed E-state index contributed by atoms with van der Waals surface area (Å²) < 4.78 is 16.3. The molecule has 0 aliphatic carbocycles. The first kappa shape index (κ1) is 50.7. The first-order valence-electron chi connectivity index (χ1n) is 22.3. The monoisotopic (exact) mass is 748 g/mol. The van der Waals surface area contributed by atoms with Crippen molar-refractivity contribution >= 4 is 18.0 Å². The number of hydrogen-bond donors (Lipinski definition) is 1. The predicted molar refractivity (Wildman–Crippen MR) is 223 cm³/mol. The Morgan fingerprint density at radius 1 is 0.509 bits per heavy atom. The van der Waals surface area contributed by atoms with Gasteiger partial charge in [-0.15, -0.1) is 0 Å². The first-order valence-corrected chi connectivity index (χ1v) is 22.3. The van der Waals surface area contributed by atoms with Crippen LogP contribution in [0.25, 0.3) is 0 Å². The number of carbonyl (C=O) groups excluding carboxylic acids is 3. The van der Waals surface area contributed by atoms with E-state index in [1.165, 1.54) is 135 Å². The van der Waals surface area contributed by atoms with E-state index < -0.39 is 23.7 Å². The summed E-state index contributed by atoms with van der Waals surface area (Å²) in [5, 5.41) is 2.61. The lowest BCUT2D eigenvalue weighted by Gasteiger charge is -2.23. The predicted octanol–water partition coefficient (Wildman–Crippen LogP) is 13.8. The number of carbonyl (C=O) groups is 3. The molecule has 0 saturated heterocycles. The molecule has 0 rings (SSSR count). The average Bonchev–Trinajstić information content (AvgIpc) is 3.11. The molecule has 0 fully saturated rings. The van der Waals surface area contributed by atoms with Crippen LogP contribution in [0, 0.1) is 0 Å². The quantitative estimate of drug-likeness (QED) is 0.0294. The number of alkyl carbamates (subject to hydrolysis) is 1. The molecule has 0 aromatic rings. The molecule has 0 bridgehead atoms. The molecular formula is C46H85NO6. The summed E-state index contributed by atoms with van der Waals surface area (Å²) in [6, 6.07) is -0.961. The summed E-state index contributed by atoms with van der Waals surface area (Å²) in [7, 11) is 0. The van der Waals surface area contributed by atoms with Crippen LogP contribution in [-0.2, 0) is 23.8 Å². The van der Waals surface area contributed by atoms with E-state index in [1.54, 1.807) is 20.8 Å². The summed E-state index contributed by atoms with van der Waals surface area (Å²) >= 11 is 0. The minimum atomic E-state index is -0.961. The third-order valence-corrected chi connectivity index (χ3v) is 9.43. The van der Waals surface area contributed by atoms with Crippen LogP contribution in [0.15, 0.2) is 24.3 Å². The molecule has 7 heteroatoms. The van der Waals surface area contributed by atoms with Crippen molar-refractivity contribution in [2.75, 3.05) is 13.2 Å². The van der Waals surface area contributed by atoms with Crippen molar-refractivity contribution in [3.05, 3.63) is 24.3 Å².